The SMILES string of the molecule is [B][C@H](O)C=C[C@@H]1[C@@H](C/C=C\CCCC)[C@@H](O)C[C@H]1O. The second-order valence-electron chi connectivity index (χ2n) is 5.34. The average molecular weight is 264 g/mol. The molecule has 2 radical (unpaired) electrons. The Morgan fingerprint density at radius 2 is 2.00 bits per heavy atom. The van der Waals surface area contributed by atoms with Gasteiger partial charge in [0.2, 0.25) is 0 Å². The first-order chi connectivity index (χ1) is 9.06. The summed E-state index contributed by atoms with van der Waals surface area (Å²) in [5.41, 5.74) is 0. The largest absolute Gasteiger partial charge is 0.399 e. The summed E-state index contributed by atoms with van der Waals surface area (Å²) in [5.74, 6) is -0.132. The first kappa shape index (κ1) is 16.5. The Balaban J connectivity index is 2.54. The van der Waals surface area contributed by atoms with Crippen molar-refractivity contribution < 1.29 is 15.3 Å². The summed E-state index contributed by atoms with van der Waals surface area (Å²) in [6.45, 7) is 2.16. The third kappa shape index (κ3) is 5.51. The molecule has 0 aromatic heterocycles. The molecule has 0 unspecified atom stereocenters. The van der Waals surface area contributed by atoms with Crippen LogP contribution in [0.15, 0.2) is 24.3 Å². The normalized spacial score (nSPS) is 33.5. The smallest absolute Gasteiger partial charge is 0.114 e. The molecule has 1 fully saturated rings. The van der Waals surface area contributed by atoms with E-state index in [1.807, 2.05) is 0 Å². The molecule has 4 heteroatoms. The molecule has 1 rings (SSSR count). The lowest BCUT2D eigenvalue weighted by Crippen LogP contribution is -2.20. The van der Waals surface area contributed by atoms with Crippen LogP contribution in [0.2, 0.25) is 0 Å². The zero-order valence-electron chi connectivity index (χ0n) is 11.7. The number of rotatable bonds is 7. The third-order valence-corrected chi connectivity index (χ3v) is 3.75. The van der Waals surface area contributed by atoms with Crippen LogP contribution in [0.25, 0.3) is 0 Å². The fraction of sp³-hybridized carbons (Fsp3) is 0.733. The Hall–Kier alpha value is -0.575. The van der Waals surface area contributed by atoms with Crippen molar-refractivity contribution in [3.63, 3.8) is 0 Å². The van der Waals surface area contributed by atoms with Crippen molar-refractivity contribution in [3.8, 4) is 0 Å². The van der Waals surface area contributed by atoms with Crippen molar-refractivity contribution in [2.75, 3.05) is 0 Å². The molecule has 0 bridgehead atoms. The van der Waals surface area contributed by atoms with Gasteiger partial charge in [0, 0.05) is 18.3 Å². The van der Waals surface area contributed by atoms with Crippen molar-refractivity contribution in [1.29, 1.82) is 0 Å². The minimum absolute atomic E-state index is 0.00266. The van der Waals surface area contributed by atoms with E-state index in [9.17, 15) is 10.2 Å². The molecule has 0 aromatic carbocycles. The van der Waals surface area contributed by atoms with Crippen LogP contribution in [-0.2, 0) is 0 Å². The maximum absolute atomic E-state index is 9.98. The molecule has 1 saturated carbocycles. The van der Waals surface area contributed by atoms with Crippen molar-refractivity contribution in [1.82, 2.24) is 0 Å². The topological polar surface area (TPSA) is 60.7 Å². The van der Waals surface area contributed by atoms with Crippen LogP contribution in [0.4, 0.5) is 0 Å². The van der Waals surface area contributed by atoms with Gasteiger partial charge in [0.05, 0.1) is 12.2 Å². The van der Waals surface area contributed by atoms with Crippen LogP contribution < -0.4 is 0 Å². The van der Waals surface area contributed by atoms with Crippen LogP contribution in [0, 0.1) is 11.8 Å². The summed E-state index contributed by atoms with van der Waals surface area (Å²) >= 11 is 0. The highest BCUT2D eigenvalue weighted by atomic mass is 16.3. The van der Waals surface area contributed by atoms with E-state index >= 15 is 0 Å². The van der Waals surface area contributed by atoms with Gasteiger partial charge in [-0.15, -0.1) is 0 Å². The number of hydrogen-bond acceptors (Lipinski definition) is 3. The van der Waals surface area contributed by atoms with E-state index in [4.69, 9.17) is 13.0 Å². The Bertz CT molecular complexity index is 302. The highest BCUT2D eigenvalue weighted by molar-refractivity contribution is 6.12. The summed E-state index contributed by atoms with van der Waals surface area (Å²) < 4.78 is 0. The zero-order valence-corrected chi connectivity index (χ0v) is 11.7. The highest BCUT2D eigenvalue weighted by Crippen LogP contribution is 2.36. The van der Waals surface area contributed by atoms with Crippen molar-refractivity contribution in [2.45, 2.75) is 57.2 Å². The fourth-order valence-corrected chi connectivity index (χ4v) is 2.64. The number of aliphatic hydroxyl groups excluding tert-OH is 3. The summed E-state index contributed by atoms with van der Waals surface area (Å²) in [7, 11) is 5.26. The number of hydrogen-bond donors (Lipinski definition) is 3. The number of aliphatic hydroxyl groups is 3. The molecule has 3 N–H and O–H groups in total. The van der Waals surface area contributed by atoms with Crippen molar-refractivity contribution in [3.05, 3.63) is 24.3 Å². The molecule has 0 heterocycles. The summed E-state index contributed by atoms with van der Waals surface area (Å²) in [6, 6.07) is -1.01. The molecule has 19 heavy (non-hydrogen) atoms. The number of unbranched alkanes of at least 4 members (excludes halogenated alkanes) is 2. The summed E-state index contributed by atoms with van der Waals surface area (Å²) in [6.07, 6.45) is 10.9. The molecule has 0 spiro atoms. The minimum Gasteiger partial charge on any atom is -0.399 e. The molecular formula is C15H25BO3. The first-order valence-electron chi connectivity index (χ1n) is 7.19. The standard InChI is InChI=1S/C15H25BO3/c1-2-3-4-5-6-7-11-12(8-9-15(16)19)14(18)10-13(11)17/h5-6,8-9,11-15,17-19H,2-4,7,10H2,1H3/b6-5-,9-8?/t11-,12-,13+,14-,15-/m1/s1. The lowest BCUT2D eigenvalue weighted by molar-refractivity contribution is 0.120. The Morgan fingerprint density at radius 1 is 1.26 bits per heavy atom. The Kier molecular flexibility index (Phi) is 7.43. The van der Waals surface area contributed by atoms with E-state index in [0.29, 0.717) is 6.42 Å². The van der Waals surface area contributed by atoms with Crippen LogP contribution in [0.5, 0.6) is 0 Å². The predicted octanol–water partition coefficient (Wildman–Crippen LogP) is 1.52. The zero-order chi connectivity index (χ0) is 14.3. The van der Waals surface area contributed by atoms with Crippen LogP contribution in [0.1, 0.15) is 39.0 Å². The lowest BCUT2D eigenvalue weighted by Gasteiger charge is -2.19. The number of allylic oxidation sites excluding steroid dienone is 2. The van der Waals surface area contributed by atoms with E-state index in [1.54, 1.807) is 6.08 Å². The van der Waals surface area contributed by atoms with Gasteiger partial charge in [0.25, 0.3) is 0 Å². The average Bonchev–Trinajstić information content (AvgIpc) is 2.61. The summed E-state index contributed by atoms with van der Waals surface area (Å²) in [4.78, 5) is 0. The molecule has 106 valence electrons. The van der Waals surface area contributed by atoms with Gasteiger partial charge in [0.15, 0.2) is 0 Å². The molecule has 1 aliphatic rings. The van der Waals surface area contributed by atoms with Gasteiger partial charge in [-0.1, -0.05) is 44.1 Å². The maximum atomic E-state index is 9.98. The van der Waals surface area contributed by atoms with E-state index < -0.39 is 18.2 Å². The molecule has 0 aliphatic heterocycles. The second kappa shape index (κ2) is 8.57. The Morgan fingerprint density at radius 3 is 2.63 bits per heavy atom. The molecule has 0 saturated heterocycles. The quantitative estimate of drug-likeness (QED) is 0.371. The van der Waals surface area contributed by atoms with Crippen molar-refractivity contribution in [2.24, 2.45) is 11.8 Å². The second-order valence-corrected chi connectivity index (χ2v) is 5.34. The molecule has 0 aromatic rings. The molecule has 5 atom stereocenters. The van der Waals surface area contributed by atoms with Gasteiger partial charge in [-0.05, 0) is 18.8 Å². The minimum atomic E-state index is -1.01. The van der Waals surface area contributed by atoms with Gasteiger partial charge in [-0.3, -0.25) is 0 Å². The van der Waals surface area contributed by atoms with Gasteiger partial charge in [0.1, 0.15) is 7.85 Å². The monoisotopic (exact) mass is 264 g/mol. The van der Waals surface area contributed by atoms with E-state index in [-0.39, 0.29) is 11.8 Å². The molecular weight excluding hydrogens is 239 g/mol. The molecule has 3 nitrogen and oxygen atoms in total. The van der Waals surface area contributed by atoms with E-state index in [1.165, 1.54) is 18.9 Å². The van der Waals surface area contributed by atoms with Gasteiger partial charge in [-0.25, -0.2) is 0 Å². The van der Waals surface area contributed by atoms with Gasteiger partial charge >= 0.3 is 0 Å². The van der Waals surface area contributed by atoms with Gasteiger partial charge in [-0.2, -0.15) is 0 Å². The molecule has 1 aliphatic carbocycles. The first-order valence-corrected chi connectivity index (χ1v) is 7.19. The maximum Gasteiger partial charge on any atom is 0.114 e. The van der Waals surface area contributed by atoms with Crippen LogP contribution >= 0.6 is 0 Å². The molecule has 0 amide bonds. The lowest BCUT2D eigenvalue weighted by atomic mass is 9.88. The fourth-order valence-electron chi connectivity index (χ4n) is 2.64. The van der Waals surface area contributed by atoms with E-state index in [2.05, 4.69) is 19.1 Å². The van der Waals surface area contributed by atoms with Crippen LogP contribution in [-0.4, -0.2) is 41.4 Å². The summed E-state index contributed by atoms with van der Waals surface area (Å²) in [5, 5.41) is 29.0. The highest BCUT2D eigenvalue weighted by Gasteiger charge is 2.39. The van der Waals surface area contributed by atoms with E-state index in [0.717, 1.165) is 12.8 Å². The third-order valence-electron chi connectivity index (χ3n) is 3.75. The van der Waals surface area contributed by atoms with Crippen LogP contribution in [0.3, 0.4) is 0 Å². The predicted molar refractivity (Wildman–Crippen MR) is 77.8 cm³/mol. The van der Waals surface area contributed by atoms with Gasteiger partial charge < -0.3 is 15.3 Å². The Labute approximate surface area is 117 Å². The van der Waals surface area contributed by atoms with Crippen molar-refractivity contribution >= 4 is 7.85 Å².